The molecule has 0 fully saturated rings. The maximum absolute atomic E-state index is 11.4. The van der Waals surface area contributed by atoms with Crippen molar-refractivity contribution in [1.82, 2.24) is 4.90 Å². The first-order chi connectivity index (χ1) is 8.97. The fraction of sp³-hybridized carbons (Fsp3) is 0.267. The summed E-state index contributed by atoms with van der Waals surface area (Å²) in [5.41, 5.74) is 2.46. The van der Waals surface area contributed by atoms with Gasteiger partial charge in [0.05, 0.1) is 4.88 Å². The minimum Gasteiger partial charge on any atom is -0.305 e. The Morgan fingerprint density at radius 3 is 2.58 bits per heavy atom. The molecule has 0 radical (unpaired) electrons. The van der Waals surface area contributed by atoms with Gasteiger partial charge in [-0.1, -0.05) is 22.0 Å². The van der Waals surface area contributed by atoms with Crippen molar-refractivity contribution >= 4 is 33.0 Å². The second kappa shape index (κ2) is 5.99. The van der Waals surface area contributed by atoms with Crippen LogP contribution in [0, 0.1) is 0 Å². The molecule has 1 heterocycles. The van der Waals surface area contributed by atoms with E-state index in [9.17, 15) is 4.79 Å². The van der Waals surface area contributed by atoms with Crippen molar-refractivity contribution in [3.05, 3.63) is 45.2 Å². The molecule has 2 nitrogen and oxygen atoms in total. The quantitative estimate of drug-likeness (QED) is 0.768. The Kier molecular flexibility index (Phi) is 4.55. The lowest BCUT2D eigenvalue weighted by atomic mass is 10.1. The molecule has 0 saturated heterocycles. The number of hydrogen-bond acceptors (Lipinski definition) is 3. The molecule has 2 rings (SSSR count). The zero-order valence-corrected chi connectivity index (χ0v) is 13.6. The minimum atomic E-state index is 0.127. The standard InChI is InChI=1S/C15H16BrNOS/c1-10(18)14-6-7-15(19-14)13-5-4-12(16)8-11(13)9-17(2)3/h4-8H,9H2,1-3H3. The maximum Gasteiger partial charge on any atom is 0.169 e. The van der Waals surface area contributed by atoms with Gasteiger partial charge in [0.2, 0.25) is 0 Å². The minimum absolute atomic E-state index is 0.127. The number of Topliss-reactive ketones (excluding diaryl/α,β-unsaturated/α-hetero) is 1. The van der Waals surface area contributed by atoms with Crippen molar-refractivity contribution in [2.45, 2.75) is 13.5 Å². The van der Waals surface area contributed by atoms with Crippen LogP contribution in [-0.2, 0) is 6.54 Å². The van der Waals surface area contributed by atoms with Crippen molar-refractivity contribution in [3.8, 4) is 10.4 Å². The van der Waals surface area contributed by atoms with Crippen LogP contribution in [0.1, 0.15) is 22.2 Å². The summed E-state index contributed by atoms with van der Waals surface area (Å²) >= 11 is 5.08. The van der Waals surface area contributed by atoms with Gasteiger partial charge in [-0.05, 0) is 56.4 Å². The van der Waals surface area contributed by atoms with E-state index in [4.69, 9.17) is 0 Å². The maximum atomic E-state index is 11.4. The van der Waals surface area contributed by atoms with Crippen LogP contribution < -0.4 is 0 Å². The van der Waals surface area contributed by atoms with E-state index in [0.717, 1.165) is 20.8 Å². The van der Waals surface area contributed by atoms with Gasteiger partial charge in [0.1, 0.15) is 0 Å². The first-order valence-electron chi connectivity index (χ1n) is 6.01. The third-order valence-corrected chi connectivity index (χ3v) is 4.48. The largest absolute Gasteiger partial charge is 0.305 e. The molecular formula is C15H16BrNOS. The lowest BCUT2D eigenvalue weighted by molar-refractivity contribution is 0.102. The highest BCUT2D eigenvalue weighted by Crippen LogP contribution is 2.33. The molecule has 100 valence electrons. The van der Waals surface area contributed by atoms with Crippen molar-refractivity contribution in [2.24, 2.45) is 0 Å². The molecule has 0 saturated carbocycles. The van der Waals surface area contributed by atoms with Gasteiger partial charge in [0.25, 0.3) is 0 Å². The smallest absolute Gasteiger partial charge is 0.169 e. The van der Waals surface area contributed by atoms with E-state index < -0.39 is 0 Å². The molecule has 1 aromatic carbocycles. The second-order valence-electron chi connectivity index (χ2n) is 4.76. The summed E-state index contributed by atoms with van der Waals surface area (Å²) in [5.74, 6) is 0.127. The molecule has 0 amide bonds. The van der Waals surface area contributed by atoms with E-state index in [-0.39, 0.29) is 5.78 Å². The Hall–Kier alpha value is -0.970. The van der Waals surface area contributed by atoms with E-state index in [0.29, 0.717) is 0 Å². The number of benzene rings is 1. The molecule has 0 atom stereocenters. The second-order valence-corrected chi connectivity index (χ2v) is 6.76. The summed E-state index contributed by atoms with van der Waals surface area (Å²) in [5, 5.41) is 0. The zero-order chi connectivity index (χ0) is 14.0. The van der Waals surface area contributed by atoms with Crippen LogP contribution in [0.25, 0.3) is 10.4 Å². The van der Waals surface area contributed by atoms with Crippen LogP contribution >= 0.6 is 27.3 Å². The summed E-state index contributed by atoms with van der Waals surface area (Å²) in [6.07, 6.45) is 0. The fourth-order valence-corrected chi connectivity index (χ4v) is 3.32. The fourth-order valence-electron chi connectivity index (χ4n) is 1.95. The van der Waals surface area contributed by atoms with Crippen molar-refractivity contribution in [3.63, 3.8) is 0 Å². The van der Waals surface area contributed by atoms with Crippen LogP contribution in [0.5, 0.6) is 0 Å². The van der Waals surface area contributed by atoms with Gasteiger partial charge in [-0.25, -0.2) is 0 Å². The normalized spacial score (nSPS) is 11.0. The third kappa shape index (κ3) is 3.53. The van der Waals surface area contributed by atoms with Gasteiger partial charge in [-0.3, -0.25) is 4.79 Å². The van der Waals surface area contributed by atoms with Gasteiger partial charge >= 0.3 is 0 Å². The first kappa shape index (κ1) is 14.4. The predicted octanol–water partition coefficient (Wildman–Crippen LogP) is 4.44. The SMILES string of the molecule is CC(=O)c1ccc(-c2ccc(Br)cc2CN(C)C)s1. The van der Waals surface area contributed by atoms with Crippen LogP contribution in [0.4, 0.5) is 0 Å². The molecule has 1 aromatic heterocycles. The molecule has 0 aliphatic heterocycles. The number of carbonyl (C=O) groups is 1. The van der Waals surface area contributed by atoms with Gasteiger partial charge in [-0.2, -0.15) is 0 Å². The molecule has 19 heavy (non-hydrogen) atoms. The third-order valence-electron chi connectivity index (χ3n) is 2.77. The molecule has 0 unspecified atom stereocenters. The molecule has 0 aliphatic rings. The topological polar surface area (TPSA) is 20.3 Å². The Labute approximate surface area is 126 Å². The lowest BCUT2D eigenvalue weighted by Crippen LogP contribution is -2.11. The molecule has 0 bridgehead atoms. The summed E-state index contributed by atoms with van der Waals surface area (Å²) in [6.45, 7) is 2.49. The summed E-state index contributed by atoms with van der Waals surface area (Å²) in [6, 6.07) is 10.2. The van der Waals surface area contributed by atoms with E-state index in [1.165, 1.54) is 11.1 Å². The molecule has 2 aromatic rings. The number of carbonyl (C=O) groups excluding carboxylic acids is 1. The van der Waals surface area contributed by atoms with Crippen LogP contribution in [0.15, 0.2) is 34.8 Å². The molecule has 0 N–H and O–H groups in total. The molecular weight excluding hydrogens is 322 g/mol. The number of hydrogen-bond donors (Lipinski definition) is 0. The van der Waals surface area contributed by atoms with E-state index in [2.05, 4.69) is 47.1 Å². The Morgan fingerprint density at radius 1 is 1.26 bits per heavy atom. The zero-order valence-electron chi connectivity index (χ0n) is 11.2. The van der Waals surface area contributed by atoms with Crippen LogP contribution in [0.2, 0.25) is 0 Å². The van der Waals surface area contributed by atoms with E-state index >= 15 is 0 Å². The Balaban J connectivity index is 2.45. The number of nitrogens with zero attached hydrogens (tertiary/aromatic N) is 1. The van der Waals surface area contributed by atoms with Gasteiger partial charge in [0.15, 0.2) is 5.78 Å². The summed E-state index contributed by atoms with van der Waals surface area (Å²) in [4.78, 5) is 15.5. The highest BCUT2D eigenvalue weighted by atomic mass is 79.9. The molecule has 0 spiro atoms. The lowest BCUT2D eigenvalue weighted by Gasteiger charge is -2.14. The Bertz CT molecular complexity index is 604. The highest BCUT2D eigenvalue weighted by Gasteiger charge is 2.11. The van der Waals surface area contributed by atoms with E-state index in [1.54, 1.807) is 18.3 Å². The number of ketones is 1. The molecule has 0 aliphatic carbocycles. The van der Waals surface area contributed by atoms with Crippen molar-refractivity contribution in [2.75, 3.05) is 14.1 Å². The first-order valence-corrected chi connectivity index (χ1v) is 7.62. The van der Waals surface area contributed by atoms with Crippen LogP contribution in [-0.4, -0.2) is 24.8 Å². The highest BCUT2D eigenvalue weighted by molar-refractivity contribution is 9.10. The Morgan fingerprint density at radius 2 is 2.00 bits per heavy atom. The van der Waals surface area contributed by atoms with Gasteiger partial charge < -0.3 is 4.90 Å². The van der Waals surface area contributed by atoms with E-state index in [1.807, 2.05) is 18.2 Å². The molecule has 4 heteroatoms. The van der Waals surface area contributed by atoms with Crippen molar-refractivity contribution < 1.29 is 4.79 Å². The number of halogens is 1. The van der Waals surface area contributed by atoms with Crippen LogP contribution in [0.3, 0.4) is 0 Å². The average Bonchev–Trinajstić information content (AvgIpc) is 2.77. The number of thiophene rings is 1. The average molecular weight is 338 g/mol. The summed E-state index contributed by atoms with van der Waals surface area (Å²) < 4.78 is 1.08. The summed E-state index contributed by atoms with van der Waals surface area (Å²) in [7, 11) is 4.11. The monoisotopic (exact) mass is 337 g/mol. The van der Waals surface area contributed by atoms with Gasteiger partial charge in [0, 0.05) is 15.9 Å². The number of rotatable bonds is 4. The van der Waals surface area contributed by atoms with Crippen molar-refractivity contribution in [1.29, 1.82) is 0 Å². The predicted molar refractivity (Wildman–Crippen MR) is 84.9 cm³/mol. The van der Waals surface area contributed by atoms with Gasteiger partial charge in [-0.15, -0.1) is 11.3 Å².